The maximum Gasteiger partial charge on any atom is 0.416 e. The van der Waals surface area contributed by atoms with E-state index in [1.54, 1.807) is 6.07 Å². The molecule has 1 saturated heterocycles. The van der Waals surface area contributed by atoms with Crippen molar-refractivity contribution in [2.45, 2.75) is 37.9 Å². The number of hydrogen-bond acceptors (Lipinski definition) is 2. The lowest BCUT2D eigenvalue weighted by Gasteiger charge is -2.24. The van der Waals surface area contributed by atoms with E-state index < -0.39 is 11.7 Å². The van der Waals surface area contributed by atoms with Gasteiger partial charge in [0.15, 0.2) is 0 Å². The second kappa shape index (κ2) is 7.18. The van der Waals surface area contributed by atoms with Crippen molar-refractivity contribution in [3.05, 3.63) is 29.3 Å². The van der Waals surface area contributed by atoms with Crippen molar-refractivity contribution in [2.75, 3.05) is 13.7 Å². The molecule has 0 bridgehead atoms. The molecule has 1 atom stereocenters. The maximum absolute atomic E-state index is 12.8. The van der Waals surface area contributed by atoms with Gasteiger partial charge in [-0.25, -0.2) is 0 Å². The van der Waals surface area contributed by atoms with Crippen LogP contribution in [0.15, 0.2) is 18.2 Å². The number of methoxy groups -OCH3 is 1. The minimum absolute atomic E-state index is 0. The highest BCUT2D eigenvalue weighted by molar-refractivity contribution is 5.85. The summed E-state index contributed by atoms with van der Waals surface area (Å²) in [5.74, 6) is 0.264. The fraction of sp³-hybridized carbons (Fsp3) is 0.571. The lowest BCUT2D eigenvalue weighted by atomic mass is 9.96. The predicted molar refractivity (Wildman–Crippen MR) is 74.6 cm³/mol. The second-order valence-corrected chi connectivity index (χ2v) is 4.92. The van der Waals surface area contributed by atoms with Crippen LogP contribution in [0.3, 0.4) is 0 Å². The zero-order valence-electron chi connectivity index (χ0n) is 11.3. The van der Waals surface area contributed by atoms with Crippen molar-refractivity contribution in [1.29, 1.82) is 0 Å². The van der Waals surface area contributed by atoms with Crippen LogP contribution in [0.5, 0.6) is 5.75 Å². The summed E-state index contributed by atoms with van der Waals surface area (Å²) in [4.78, 5) is 0. The summed E-state index contributed by atoms with van der Waals surface area (Å²) in [6, 6.07) is 4.21. The molecule has 1 heterocycles. The topological polar surface area (TPSA) is 21.3 Å². The van der Waals surface area contributed by atoms with Gasteiger partial charge in [-0.2, -0.15) is 13.2 Å². The summed E-state index contributed by atoms with van der Waals surface area (Å²) in [6.07, 6.45) is -0.432. The second-order valence-electron chi connectivity index (χ2n) is 4.92. The van der Waals surface area contributed by atoms with Gasteiger partial charge < -0.3 is 10.1 Å². The molecule has 0 aromatic heterocycles. The summed E-state index contributed by atoms with van der Waals surface area (Å²) in [5, 5.41) is 3.34. The molecule has 0 spiro atoms. The van der Waals surface area contributed by atoms with Gasteiger partial charge in [0.25, 0.3) is 0 Å². The van der Waals surface area contributed by atoms with Gasteiger partial charge in [-0.3, -0.25) is 0 Å². The molecule has 0 saturated carbocycles. The van der Waals surface area contributed by atoms with E-state index in [1.807, 2.05) is 0 Å². The Hall–Kier alpha value is -0.940. The third-order valence-corrected chi connectivity index (χ3v) is 3.42. The smallest absolute Gasteiger partial charge is 0.416 e. The van der Waals surface area contributed by atoms with Gasteiger partial charge in [-0.05, 0) is 49.6 Å². The number of piperidine rings is 1. The van der Waals surface area contributed by atoms with E-state index in [0.29, 0.717) is 12.0 Å². The van der Waals surface area contributed by atoms with E-state index in [9.17, 15) is 13.2 Å². The molecule has 1 fully saturated rings. The third-order valence-electron chi connectivity index (χ3n) is 3.42. The zero-order chi connectivity index (χ0) is 13.9. The SMILES string of the molecule is COc1cc(CC2CCCCN2)cc(C(F)(F)F)c1.Cl. The molecule has 20 heavy (non-hydrogen) atoms. The first kappa shape index (κ1) is 17.1. The molecule has 1 N–H and O–H groups in total. The van der Waals surface area contributed by atoms with Gasteiger partial charge in [0.2, 0.25) is 0 Å². The molecule has 2 nitrogen and oxygen atoms in total. The van der Waals surface area contributed by atoms with Crippen molar-refractivity contribution in [3.8, 4) is 5.75 Å². The standard InChI is InChI=1S/C14H18F3NO.ClH/c1-19-13-8-10(6-11(9-13)14(15,16)17)7-12-4-2-3-5-18-12;/h6,8-9,12,18H,2-5,7H2,1H3;1H. The Labute approximate surface area is 123 Å². The number of ether oxygens (including phenoxy) is 1. The monoisotopic (exact) mass is 309 g/mol. The lowest BCUT2D eigenvalue weighted by Crippen LogP contribution is -2.35. The van der Waals surface area contributed by atoms with Gasteiger partial charge in [0.1, 0.15) is 5.75 Å². The lowest BCUT2D eigenvalue weighted by molar-refractivity contribution is -0.137. The number of rotatable bonds is 3. The van der Waals surface area contributed by atoms with E-state index in [2.05, 4.69) is 5.32 Å². The summed E-state index contributed by atoms with van der Waals surface area (Å²) in [6.45, 7) is 0.945. The van der Waals surface area contributed by atoms with Crippen LogP contribution in [0.25, 0.3) is 0 Å². The Morgan fingerprint density at radius 2 is 2.00 bits per heavy atom. The fourth-order valence-corrected chi connectivity index (χ4v) is 2.44. The molecular formula is C14H19ClF3NO. The zero-order valence-corrected chi connectivity index (χ0v) is 12.1. The van der Waals surface area contributed by atoms with Gasteiger partial charge >= 0.3 is 6.18 Å². The summed E-state index contributed by atoms with van der Waals surface area (Å²) in [5.41, 5.74) is 0.0312. The minimum Gasteiger partial charge on any atom is -0.497 e. The number of alkyl halides is 3. The molecule has 1 aliphatic heterocycles. The van der Waals surface area contributed by atoms with Gasteiger partial charge in [0, 0.05) is 6.04 Å². The Morgan fingerprint density at radius 3 is 2.55 bits per heavy atom. The molecule has 0 aliphatic carbocycles. The van der Waals surface area contributed by atoms with Crippen molar-refractivity contribution in [1.82, 2.24) is 5.32 Å². The number of hydrogen-bond donors (Lipinski definition) is 1. The third kappa shape index (κ3) is 4.56. The molecule has 1 aromatic rings. The molecule has 114 valence electrons. The number of benzene rings is 1. The molecule has 1 unspecified atom stereocenters. The van der Waals surface area contributed by atoms with E-state index in [-0.39, 0.29) is 24.2 Å². The average Bonchev–Trinajstić information content (AvgIpc) is 2.38. The maximum atomic E-state index is 12.8. The predicted octanol–water partition coefficient (Wildman–Crippen LogP) is 3.82. The molecule has 1 aliphatic rings. The Balaban J connectivity index is 0.00000200. The van der Waals surface area contributed by atoms with Crippen molar-refractivity contribution in [3.63, 3.8) is 0 Å². The quantitative estimate of drug-likeness (QED) is 0.916. The number of halogens is 4. The average molecular weight is 310 g/mol. The highest BCUT2D eigenvalue weighted by atomic mass is 35.5. The van der Waals surface area contributed by atoms with E-state index in [1.165, 1.54) is 13.2 Å². The Morgan fingerprint density at radius 1 is 1.25 bits per heavy atom. The van der Waals surface area contributed by atoms with Crippen LogP contribution in [0.2, 0.25) is 0 Å². The van der Waals surface area contributed by atoms with E-state index >= 15 is 0 Å². The molecule has 1 aromatic carbocycles. The first-order valence-corrected chi connectivity index (χ1v) is 6.47. The van der Waals surface area contributed by atoms with Crippen molar-refractivity contribution >= 4 is 12.4 Å². The van der Waals surface area contributed by atoms with Crippen LogP contribution in [0.1, 0.15) is 30.4 Å². The van der Waals surface area contributed by atoms with E-state index in [4.69, 9.17) is 4.74 Å². The van der Waals surface area contributed by atoms with E-state index in [0.717, 1.165) is 31.9 Å². The number of nitrogens with one attached hydrogen (secondary N) is 1. The molecular weight excluding hydrogens is 291 g/mol. The Bertz CT molecular complexity index is 431. The van der Waals surface area contributed by atoms with Crippen LogP contribution >= 0.6 is 12.4 Å². The first-order valence-electron chi connectivity index (χ1n) is 6.47. The molecule has 0 amide bonds. The van der Waals surface area contributed by atoms with Crippen molar-refractivity contribution < 1.29 is 17.9 Å². The van der Waals surface area contributed by atoms with Crippen LogP contribution < -0.4 is 10.1 Å². The molecule has 2 rings (SSSR count). The summed E-state index contributed by atoms with van der Waals surface area (Å²) < 4.78 is 43.3. The van der Waals surface area contributed by atoms with Gasteiger partial charge in [-0.15, -0.1) is 12.4 Å². The minimum atomic E-state index is -4.33. The Kier molecular flexibility index (Phi) is 6.14. The summed E-state index contributed by atoms with van der Waals surface area (Å²) in [7, 11) is 1.39. The highest BCUT2D eigenvalue weighted by Gasteiger charge is 2.31. The fourth-order valence-electron chi connectivity index (χ4n) is 2.44. The largest absolute Gasteiger partial charge is 0.497 e. The molecule has 0 radical (unpaired) electrons. The summed E-state index contributed by atoms with van der Waals surface area (Å²) >= 11 is 0. The van der Waals surface area contributed by atoms with Gasteiger partial charge in [0.05, 0.1) is 12.7 Å². The van der Waals surface area contributed by atoms with Crippen LogP contribution in [0.4, 0.5) is 13.2 Å². The van der Waals surface area contributed by atoms with Crippen LogP contribution in [-0.2, 0) is 12.6 Å². The molecule has 6 heteroatoms. The highest BCUT2D eigenvalue weighted by Crippen LogP contribution is 2.33. The van der Waals surface area contributed by atoms with Crippen LogP contribution in [-0.4, -0.2) is 19.7 Å². The van der Waals surface area contributed by atoms with Gasteiger partial charge in [-0.1, -0.05) is 6.42 Å². The normalized spacial score (nSPS) is 19.3. The van der Waals surface area contributed by atoms with Crippen molar-refractivity contribution in [2.24, 2.45) is 0 Å². The first-order chi connectivity index (χ1) is 8.99. The van der Waals surface area contributed by atoms with Crippen LogP contribution in [0, 0.1) is 0 Å².